The number of ether oxygens (including phenoxy) is 1. The predicted molar refractivity (Wildman–Crippen MR) is 121 cm³/mol. The van der Waals surface area contributed by atoms with Crippen LogP contribution in [0.3, 0.4) is 0 Å². The van der Waals surface area contributed by atoms with Crippen LogP contribution < -0.4 is 10.1 Å². The Morgan fingerprint density at radius 3 is 2.80 bits per heavy atom. The molecule has 0 atom stereocenters. The highest BCUT2D eigenvalue weighted by atomic mass is 35.5. The van der Waals surface area contributed by atoms with Gasteiger partial charge in [-0.15, -0.1) is 16.8 Å². The molecule has 3 rings (SSSR count). The summed E-state index contributed by atoms with van der Waals surface area (Å²) in [4.78, 5) is 12.4. The highest BCUT2D eigenvalue weighted by Crippen LogP contribution is 2.23. The van der Waals surface area contributed by atoms with Gasteiger partial charge in [0, 0.05) is 17.6 Å². The zero-order chi connectivity index (χ0) is 21.3. The second-order valence-corrected chi connectivity index (χ2v) is 8.89. The molecule has 1 heterocycles. The van der Waals surface area contributed by atoms with Crippen molar-refractivity contribution in [3.63, 3.8) is 0 Å². The number of allylic oxidation sites excluding steroid dienone is 1. The number of thioether (sulfide) groups is 1. The lowest BCUT2D eigenvalue weighted by molar-refractivity contribution is -0.119. The number of carbonyl (C=O) groups is 1. The molecule has 1 aliphatic carbocycles. The fourth-order valence-electron chi connectivity index (χ4n) is 3.52. The van der Waals surface area contributed by atoms with E-state index in [1.54, 1.807) is 6.08 Å². The third-order valence-electron chi connectivity index (χ3n) is 5.16. The van der Waals surface area contributed by atoms with Gasteiger partial charge in [-0.2, -0.15) is 0 Å². The molecule has 1 amide bonds. The van der Waals surface area contributed by atoms with Crippen molar-refractivity contribution in [2.24, 2.45) is 0 Å². The minimum absolute atomic E-state index is 0.0505. The van der Waals surface area contributed by atoms with Crippen molar-refractivity contribution < 1.29 is 9.53 Å². The first-order valence-electron chi connectivity index (χ1n) is 10.4. The van der Waals surface area contributed by atoms with Gasteiger partial charge in [0.25, 0.3) is 0 Å². The zero-order valence-electron chi connectivity index (χ0n) is 17.4. The molecule has 1 aliphatic rings. The maximum absolute atomic E-state index is 12.4. The molecule has 0 unspecified atom stereocenters. The summed E-state index contributed by atoms with van der Waals surface area (Å²) in [6, 6.07) is 5.84. The van der Waals surface area contributed by atoms with Crippen LogP contribution in [0, 0.1) is 6.92 Å². The number of aryl methyl sites for hydroxylation is 1. The Labute approximate surface area is 187 Å². The molecular formula is C22H29ClN4O2S. The Morgan fingerprint density at radius 1 is 1.33 bits per heavy atom. The lowest BCUT2D eigenvalue weighted by Gasteiger charge is -2.16. The molecule has 0 spiro atoms. The molecule has 30 heavy (non-hydrogen) atoms. The Bertz CT molecular complexity index is 863. The van der Waals surface area contributed by atoms with Crippen molar-refractivity contribution in [3.8, 4) is 5.75 Å². The molecule has 6 nitrogen and oxygen atoms in total. The van der Waals surface area contributed by atoms with E-state index in [1.807, 2.05) is 29.7 Å². The van der Waals surface area contributed by atoms with E-state index < -0.39 is 0 Å². The summed E-state index contributed by atoms with van der Waals surface area (Å²) in [5.74, 6) is 1.79. The van der Waals surface area contributed by atoms with Crippen molar-refractivity contribution in [3.05, 3.63) is 47.3 Å². The number of carbonyl (C=O) groups excluding carboxylic acids is 1. The molecule has 8 heteroatoms. The van der Waals surface area contributed by atoms with Crippen molar-refractivity contribution in [1.29, 1.82) is 0 Å². The largest absolute Gasteiger partial charge is 0.486 e. The Balaban J connectivity index is 1.57. The van der Waals surface area contributed by atoms with E-state index in [4.69, 9.17) is 16.3 Å². The maximum atomic E-state index is 12.4. The first-order valence-corrected chi connectivity index (χ1v) is 11.8. The summed E-state index contributed by atoms with van der Waals surface area (Å²) in [7, 11) is 0. The summed E-state index contributed by atoms with van der Waals surface area (Å²) >= 11 is 7.46. The number of aromatic nitrogens is 3. The van der Waals surface area contributed by atoms with Gasteiger partial charge in [-0.25, -0.2) is 0 Å². The minimum atomic E-state index is 0.0505. The van der Waals surface area contributed by atoms with E-state index in [-0.39, 0.29) is 12.5 Å². The van der Waals surface area contributed by atoms with Gasteiger partial charge in [-0.05, 0) is 43.5 Å². The molecule has 1 aromatic carbocycles. The van der Waals surface area contributed by atoms with Crippen molar-refractivity contribution in [2.45, 2.75) is 69.8 Å². The second kappa shape index (κ2) is 11.4. The van der Waals surface area contributed by atoms with E-state index in [2.05, 4.69) is 22.1 Å². The lowest BCUT2D eigenvalue weighted by Crippen LogP contribution is -2.35. The summed E-state index contributed by atoms with van der Waals surface area (Å²) in [6.07, 6.45) is 8.88. The number of hydrogen-bond donors (Lipinski definition) is 1. The molecule has 0 bridgehead atoms. The maximum Gasteiger partial charge on any atom is 0.230 e. The van der Waals surface area contributed by atoms with Crippen LogP contribution in [0.25, 0.3) is 0 Å². The van der Waals surface area contributed by atoms with Gasteiger partial charge in [0.05, 0.1) is 5.75 Å². The van der Waals surface area contributed by atoms with Crippen LogP contribution in [0.1, 0.15) is 49.9 Å². The monoisotopic (exact) mass is 448 g/mol. The standard InChI is InChI=1S/C22H29ClN4O2S/c1-3-12-27-20(14-29-18-10-11-19(23)16(2)13-18)25-26-22(27)30-15-21(28)24-17-8-6-4-5-7-9-17/h3,10-11,13,17H,1,4-9,12,14-15H2,2H3,(H,24,28). The molecule has 162 valence electrons. The number of rotatable bonds is 9. The highest BCUT2D eigenvalue weighted by Gasteiger charge is 2.17. The van der Waals surface area contributed by atoms with Crippen LogP contribution >= 0.6 is 23.4 Å². The van der Waals surface area contributed by atoms with Gasteiger partial charge >= 0.3 is 0 Å². The van der Waals surface area contributed by atoms with Crippen molar-refractivity contribution in [2.75, 3.05) is 5.75 Å². The number of halogens is 1. The quantitative estimate of drug-likeness (QED) is 0.334. The third-order valence-corrected chi connectivity index (χ3v) is 6.55. The van der Waals surface area contributed by atoms with E-state index in [9.17, 15) is 4.79 Å². The van der Waals surface area contributed by atoms with Crippen LogP contribution in [0.4, 0.5) is 0 Å². The van der Waals surface area contributed by atoms with E-state index in [0.29, 0.717) is 34.3 Å². The average molecular weight is 449 g/mol. The van der Waals surface area contributed by atoms with Gasteiger partial charge in [-0.3, -0.25) is 9.36 Å². The highest BCUT2D eigenvalue weighted by molar-refractivity contribution is 7.99. The molecule has 0 saturated heterocycles. The van der Waals surface area contributed by atoms with Crippen molar-refractivity contribution >= 4 is 29.3 Å². The molecular weight excluding hydrogens is 420 g/mol. The van der Waals surface area contributed by atoms with E-state index >= 15 is 0 Å². The fourth-order valence-corrected chi connectivity index (χ4v) is 4.42. The van der Waals surface area contributed by atoms with Crippen LogP contribution in [0.5, 0.6) is 5.75 Å². The summed E-state index contributed by atoms with van der Waals surface area (Å²) in [5, 5.41) is 13.1. The van der Waals surface area contributed by atoms with Crippen LogP contribution in [0.15, 0.2) is 36.0 Å². The molecule has 2 aromatic rings. The van der Waals surface area contributed by atoms with Crippen LogP contribution in [-0.4, -0.2) is 32.5 Å². The minimum Gasteiger partial charge on any atom is -0.486 e. The first-order chi connectivity index (χ1) is 14.6. The zero-order valence-corrected chi connectivity index (χ0v) is 19.0. The lowest BCUT2D eigenvalue weighted by atomic mass is 10.1. The number of amides is 1. The van der Waals surface area contributed by atoms with Gasteiger partial charge in [0.2, 0.25) is 5.91 Å². The molecule has 1 N–H and O–H groups in total. The van der Waals surface area contributed by atoms with Gasteiger partial charge in [-0.1, -0.05) is 55.1 Å². The van der Waals surface area contributed by atoms with Gasteiger partial charge in [0.1, 0.15) is 12.4 Å². The van der Waals surface area contributed by atoms with Gasteiger partial charge in [0.15, 0.2) is 11.0 Å². The molecule has 1 aromatic heterocycles. The summed E-state index contributed by atoms with van der Waals surface area (Å²) in [5.41, 5.74) is 0.956. The number of hydrogen-bond acceptors (Lipinski definition) is 5. The van der Waals surface area contributed by atoms with Crippen LogP contribution in [0.2, 0.25) is 5.02 Å². The number of benzene rings is 1. The normalized spacial score (nSPS) is 14.9. The summed E-state index contributed by atoms with van der Waals surface area (Å²) < 4.78 is 7.79. The molecule has 0 radical (unpaired) electrons. The topological polar surface area (TPSA) is 69.0 Å². The van der Waals surface area contributed by atoms with Crippen LogP contribution in [-0.2, 0) is 17.9 Å². The van der Waals surface area contributed by atoms with E-state index in [1.165, 1.54) is 37.4 Å². The Morgan fingerprint density at radius 2 is 2.10 bits per heavy atom. The van der Waals surface area contributed by atoms with E-state index in [0.717, 1.165) is 24.2 Å². The first kappa shape index (κ1) is 22.7. The smallest absolute Gasteiger partial charge is 0.230 e. The Hall–Kier alpha value is -1.99. The van der Waals surface area contributed by atoms with Crippen molar-refractivity contribution in [1.82, 2.24) is 20.1 Å². The fraction of sp³-hybridized carbons (Fsp3) is 0.500. The van der Waals surface area contributed by atoms with Gasteiger partial charge < -0.3 is 10.1 Å². The SMILES string of the molecule is C=CCn1c(COc2ccc(Cl)c(C)c2)nnc1SCC(=O)NC1CCCCCC1. The number of nitrogens with zero attached hydrogens (tertiary/aromatic N) is 3. The average Bonchev–Trinajstić information content (AvgIpc) is 2.92. The molecule has 0 aliphatic heterocycles. The third kappa shape index (κ3) is 6.51. The number of nitrogens with one attached hydrogen (secondary N) is 1. The molecule has 1 saturated carbocycles. The Kier molecular flexibility index (Phi) is 8.63. The predicted octanol–water partition coefficient (Wildman–Crippen LogP) is 4.94. The second-order valence-electron chi connectivity index (χ2n) is 7.54. The molecule has 1 fully saturated rings. The summed E-state index contributed by atoms with van der Waals surface area (Å²) in [6.45, 7) is 6.58.